The van der Waals surface area contributed by atoms with Crippen LogP contribution in [0.15, 0.2) is 0 Å². The van der Waals surface area contributed by atoms with Crippen LogP contribution in [0.2, 0.25) is 0 Å². The van der Waals surface area contributed by atoms with Crippen LogP contribution in [0.5, 0.6) is 0 Å². The summed E-state index contributed by atoms with van der Waals surface area (Å²) >= 11 is 0. The number of hydrogen-bond acceptors (Lipinski definition) is 3. The maximum absolute atomic E-state index is 11.0. The molecule has 0 radical (unpaired) electrons. The zero-order chi connectivity index (χ0) is 9.19. The molecule has 1 fully saturated rings. The van der Waals surface area contributed by atoms with E-state index in [9.17, 15) is 8.42 Å². The lowest BCUT2D eigenvalue weighted by molar-refractivity contribution is 0.423. The number of hydrogen-bond donors (Lipinski definition) is 0. The molecule has 0 aromatic carbocycles. The van der Waals surface area contributed by atoms with Gasteiger partial charge in [0.1, 0.15) is 0 Å². The highest BCUT2D eigenvalue weighted by atomic mass is 35.7. The van der Waals surface area contributed by atoms with Crippen molar-refractivity contribution in [3.63, 3.8) is 0 Å². The molecule has 0 aromatic rings. The first-order valence-electron chi connectivity index (χ1n) is 3.89. The first kappa shape index (κ1) is 9.82. The third-order valence-corrected chi connectivity index (χ3v) is 4.20. The summed E-state index contributed by atoms with van der Waals surface area (Å²) in [6.45, 7) is 0. The molecule has 0 bridgehead atoms. The number of rotatable bonds is 1. The second-order valence-electron chi connectivity index (χ2n) is 3.03. The summed E-state index contributed by atoms with van der Waals surface area (Å²) in [5.74, 6) is -0.402. The minimum absolute atomic E-state index is 0.402. The molecule has 1 rings (SSSR count). The summed E-state index contributed by atoms with van der Waals surface area (Å²) in [6, 6.07) is 2.00. The van der Waals surface area contributed by atoms with E-state index < -0.39 is 20.2 Å². The van der Waals surface area contributed by atoms with E-state index in [0.29, 0.717) is 12.8 Å². The molecule has 0 saturated heterocycles. The molecule has 0 aromatic heterocycles. The van der Waals surface area contributed by atoms with Crippen molar-refractivity contribution in [2.24, 2.45) is 5.92 Å². The van der Waals surface area contributed by atoms with Crippen LogP contribution in [0.3, 0.4) is 0 Å². The molecule has 2 unspecified atom stereocenters. The SMILES string of the molecule is N#CC1CCCCC1S(=O)(=O)Cl. The molecule has 68 valence electrons. The van der Waals surface area contributed by atoms with E-state index in [1.807, 2.05) is 6.07 Å². The Labute approximate surface area is 76.7 Å². The van der Waals surface area contributed by atoms with E-state index in [0.717, 1.165) is 12.8 Å². The molecule has 1 aliphatic carbocycles. The largest absolute Gasteiger partial charge is 0.236 e. The summed E-state index contributed by atoms with van der Waals surface area (Å²) in [6.07, 6.45) is 2.98. The minimum Gasteiger partial charge on any atom is -0.212 e. The predicted molar refractivity (Wildman–Crippen MR) is 46.1 cm³/mol. The molecular weight excluding hydrogens is 198 g/mol. The first-order chi connectivity index (χ1) is 5.55. The lowest BCUT2D eigenvalue weighted by Gasteiger charge is -2.23. The van der Waals surface area contributed by atoms with E-state index in [4.69, 9.17) is 15.9 Å². The van der Waals surface area contributed by atoms with Crippen LogP contribution in [-0.4, -0.2) is 13.7 Å². The van der Waals surface area contributed by atoms with Crippen molar-refractivity contribution in [2.45, 2.75) is 30.9 Å². The molecule has 1 aliphatic rings. The van der Waals surface area contributed by atoms with E-state index in [-0.39, 0.29) is 0 Å². The van der Waals surface area contributed by atoms with Gasteiger partial charge in [-0.05, 0) is 12.8 Å². The van der Waals surface area contributed by atoms with Gasteiger partial charge in [0.15, 0.2) is 0 Å². The number of halogens is 1. The van der Waals surface area contributed by atoms with E-state index in [1.165, 1.54) is 0 Å². The predicted octanol–water partition coefficient (Wildman–Crippen LogP) is 1.64. The molecule has 12 heavy (non-hydrogen) atoms. The average molecular weight is 208 g/mol. The van der Waals surface area contributed by atoms with Crippen LogP contribution < -0.4 is 0 Å². The molecule has 0 spiro atoms. The summed E-state index contributed by atoms with van der Waals surface area (Å²) in [4.78, 5) is 0. The monoisotopic (exact) mass is 207 g/mol. The third kappa shape index (κ3) is 2.11. The van der Waals surface area contributed by atoms with Crippen LogP contribution in [0.25, 0.3) is 0 Å². The van der Waals surface area contributed by atoms with Crippen LogP contribution in [0, 0.1) is 17.2 Å². The van der Waals surface area contributed by atoms with Crippen LogP contribution in [-0.2, 0) is 9.05 Å². The standard InChI is InChI=1S/C7H10ClNO2S/c8-12(10,11)7-4-2-1-3-6(7)5-9/h6-7H,1-4H2. The van der Waals surface area contributed by atoms with Gasteiger partial charge in [0.05, 0.1) is 17.2 Å². The van der Waals surface area contributed by atoms with Crippen molar-refractivity contribution in [1.29, 1.82) is 5.26 Å². The van der Waals surface area contributed by atoms with Crippen molar-refractivity contribution in [1.82, 2.24) is 0 Å². The minimum atomic E-state index is -3.54. The smallest absolute Gasteiger partial charge is 0.212 e. The van der Waals surface area contributed by atoms with Crippen molar-refractivity contribution >= 4 is 19.7 Å². The van der Waals surface area contributed by atoms with E-state index in [2.05, 4.69) is 0 Å². The normalized spacial score (nSPS) is 31.0. The Morgan fingerprint density at radius 1 is 1.33 bits per heavy atom. The average Bonchev–Trinajstić information content (AvgIpc) is 2.03. The number of nitrogens with zero attached hydrogens (tertiary/aromatic N) is 1. The van der Waals surface area contributed by atoms with Crippen molar-refractivity contribution in [3.8, 4) is 6.07 Å². The number of nitriles is 1. The van der Waals surface area contributed by atoms with Gasteiger partial charge in [0.25, 0.3) is 0 Å². The molecule has 0 aliphatic heterocycles. The van der Waals surface area contributed by atoms with Gasteiger partial charge in [-0.25, -0.2) is 8.42 Å². The Kier molecular flexibility index (Phi) is 2.97. The Bertz CT molecular complexity index is 293. The molecule has 0 amide bonds. The topological polar surface area (TPSA) is 57.9 Å². The highest BCUT2D eigenvalue weighted by Gasteiger charge is 2.34. The van der Waals surface area contributed by atoms with Crippen molar-refractivity contribution < 1.29 is 8.42 Å². The second kappa shape index (κ2) is 3.63. The molecule has 5 heteroatoms. The lowest BCUT2D eigenvalue weighted by atomic mass is 9.90. The maximum Gasteiger partial charge on any atom is 0.236 e. The highest BCUT2D eigenvalue weighted by Crippen LogP contribution is 2.30. The van der Waals surface area contributed by atoms with Crippen LogP contribution in [0.4, 0.5) is 0 Å². The summed E-state index contributed by atoms with van der Waals surface area (Å²) < 4.78 is 21.9. The van der Waals surface area contributed by atoms with E-state index >= 15 is 0 Å². The van der Waals surface area contributed by atoms with Crippen LogP contribution >= 0.6 is 10.7 Å². The van der Waals surface area contributed by atoms with Gasteiger partial charge in [-0.15, -0.1) is 0 Å². The molecular formula is C7H10ClNO2S. The van der Waals surface area contributed by atoms with Gasteiger partial charge in [0.2, 0.25) is 9.05 Å². The summed E-state index contributed by atoms with van der Waals surface area (Å²) in [7, 11) is 1.67. The molecule has 3 nitrogen and oxygen atoms in total. The van der Waals surface area contributed by atoms with E-state index in [1.54, 1.807) is 0 Å². The summed E-state index contributed by atoms with van der Waals surface area (Å²) in [5.41, 5.74) is 0. The van der Waals surface area contributed by atoms with Gasteiger partial charge in [0, 0.05) is 10.7 Å². The Hall–Kier alpha value is -0.270. The molecule has 1 saturated carbocycles. The fraction of sp³-hybridized carbons (Fsp3) is 0.857. The van der Waals surface area contributed by atoms with Gasteiger partial charge in [-0.2, -0.15) is 5.26 Å². The Balaban J connectivity index is 2.81. The van der Waals surface area contributed by atoms with Gasteiger partial charge < -0.3 is 0 Å². The third-order valence-electron chi connectivity index (χ3n) is 2.23. The van der Waals surface area contributed by atoms with Crippen LogP contribution in [0.1, 0.15) is 25.7 Å². The lowest BCUT2D eigenvalue weighted by Crippen LogP contribution is -2.28. The zero-order valence-corrected chi connectivity index (χ0v) is 8.11. The zero-order valence-electron chi connectivity index (χ0n) is 6.53. The molecule has 0 heterocycles. The molecule has 0 N–H and O–H groups in total. The second-order valence-corrected chi connectivity index (χ2v) is 5.88. The quantitative estimate of drug-likeness (QED) is 0.615. The van der Waals surface area contributed by atoms with Gasteiger partial charge in [-0.3, -0.25) is 0 Å². The van der Waals surface area contributed by atoms with Gasteiger partial charge >= 0.3 is 0 Å². The highest BCUT2D eigenvalue weighted by molar-refractivity contribution is 8.14. The van der Waals surface area contributed by atoms with Crippen molar-refractivity contribution in [2.75, 3.05) is 0 Å². The molecule has 2 atom stereocenters. The fourth-order valence-corrected chi connectivity index (χ4v) is 3.26. The van der Waals surface area contributed by atoms with Gasteiger partial charge in [-0.1, -0.05) is 12.8 Å². The maximum atomic E-state index is 11.0. The summed E-state index contributed by atoms with van der Waals surface area (Å²) in [5, 5.41) is 8.01. The first-order valence-corrected chi connectivity index (χ1v) is 6.26. The Morgan fingerprint density at radius 2 is 1.92 bits per heavy atom. The Morgan fingerprint density at radius 3 is 2.33 bits per heavy atom. The van der Waals surface area contributed by atoms with Crippen molar-refractivity contribution in [3.05, 3.63) is 0 Å². The fourth-order valence-electron chi connectivity index (χ4n) is 1.58.